The Bertz CT molecular complexity index is 1000. The van der Waals surface area contributed by atoms with Crippen molar-refractivity contribution in [3.63, 3.8) is 0 Å². The lowest BCUT2D eigenvalue weighted by molar-refractivity contribution is 0.0396. The first-order valence-electron chi connectivity index (χ1n) is 9.86. The molecule has 1 aliphatic rings. The second-order valence-corrected chi connectivity index (χ2v) is 7.04. The molecule has 1 aliphatic heterocycles. The van der Waals surface area contributed by atoms with Crippen molar-refractivity contribution in [2.75, 3.05) is 38.3 Å². The SMILES string of the molecule is CCNC(=O)c1ccc(N2CCOC(c3ccc4cc(OC)ccc4c3)C2)nc1. The van der Waals surface area contributed by atoms with Crippen LogP contribution in [0.4, 0.5) is 5.82 Å². The van der Waals surface area contributed by atoms with E-state index in [0.29, 0.717) is 18.7 Å². The lowest BCUT2D eigenvalue weighted by Crippen LogP contribution is -2.38. The van der Waals surface area contributed by atoms with Gasteiger partial charge in [-0.2, -0.15) is 0 Å². The number of aromatic nitrogens is 1. The Morgan fingerprint density at radius 3 is 2.79 bits per heavy atom. The number of fused-ring (bicyclic) bond motifs is 1. The highest BCUT2D eigenvalue weighted by molar-refractivity contribution is 5.94. The van der Waals surface area contributed by atoms with Gasteiger partial charge in [-0.3, -0.25) is 4.79 Å². The normalized spacial score (nSPS) is 16.6. The highest BCUT2D eigenvalue weighted by Crippen LogP contribution is 2.29. The van der Waals surface area contributed by atoms with Gasteiger partial charge in [0, 0.05) is 25.8 Å². The van der Waals surface area contributed by atoms with E-state index in [1.165, 1.54) is 0 Å². The smallest absolute Gasteiger partial charge is 0.252 e. The molecule has 1 N–H and O–H groups in total. The number of hydrogen-bond donors (Lipinski definition) is 1. The number of anilines is 1. The molecular formula is C23H25N3O3. The van der Waals surface area contributed by atoms with Gasteiger partial charge in [0.2, 0.25) is 0 Å². The number of nitrogens with zero attached hydrogens (tertiary/aromatic N) is 2. The van der Waals surface area contributed by atoms with Crippen LogP contribution in [-0.4, -0.2) is 44.2 Å². The molecular weight excluding hydrogens is 366 g/mol. The van der Waals surface area contributed by atoms with E-state index in [4.69, 9.17) is 9.47 Å². The van der Waals surface area contributed by atoms with Gasteiger partial charge in [0.05, 0.1) is 19.3 Å². The molecule has 0 spiro atoms. The Balaban J connectivity index is 1.51. The maximum atomic E-state index is 11.9. The quantitative estimate of drug-likeness (QED) is 0.720. The summed E-state index contributed by atoms with van der Waals surface area (Å²) in [5.41, 5.74) is 1.72. The van der Waals surface area contributed by atoms with E-state index in [1.54, 1.807) is 13.3 Å². The predicted octanol–water partition coefficient (Wildman–Crippen LogP) is 3.57. The maximum absolute atomic E-state index is 11.9. The third-order valence-corrected chi connectivity index (χ3v) is 5.18. The van der Waals surface area contributed by atoms with Crippen LogP contribution < -0.4 is 15.0 Å². The number of methoxy groups -OCH3 is 1. The minimum absolute atomic E-state index is 0.0277. The van der Waals surface area contributed by atoms with Gasteiger partial charge in [-0.05, 0) is 53.6 Å². The van der Waals surface area contributed by atoms with Crippen LogP contribution in [0.15, 0.2) is 54.7 Å². The van der Waals surface area contributed by atoms with Gasteiger partial charge in [0.15, 0.2) is 0 Å². The standard InChI is InChI=1S/C23H25N3O3/c1-3-24-23(27)19-7-9-22(25-14-19)26-10-11-29-21(15-26)18-5-4-17-13-20(28-2)8-6-16(17)12-18/h4-9,12-14,21H,3,10-11,15H2,1-2H3,(H,24,27). The van der Waals surface area contributed by atoms with Gasteiger partial charge >= 0.3 is 0 Å². The minimum Gasteiger partial charge on any atom is -0.497 e. The number of amides is 1. The number of carbonyl (C=O) groups is 1. The molecule has 0 radical (unpaired) electrons. The largest absolute Gasteiger partial charge is 0.497 e. The third-order valence-electron chi connectivity index (χ3n) is 5.18. The molecule has 1 unspecified atom stereocenters. The number of pyridine rings is 1. The van der Waals surface area contributed by atoms with E-state index in [0.717, 1.165) is 41.0 Å². The Kier molecular flexibility index (Phi) is 5.62. The maximum Gasteiger partial charge on any atom is 0.252 e. The van der Waals surface area contributed by atoms with Crippen molar-refractivity contribution in [2.24, 2.45) is 0 Å². The van der Waals surface area contributed by atoms with Gasteiger partial charge in [0.25, 0.3) is 5.91 Å². The summed E-state index contributed by atoms with van der Waals surface area (Å²) in [5, 5.41) is 5.09. The number of ether oxygens (including phenoxy) is 2. The summed E-state index contributed by atoms with van der Waals surface area (Å²) < 4.78 is 11.4. The van der Waals surface area contributed by atoms with Crippen LogP contribution in [-0.2, 0) is 4.74 Å². The topological polar surface area (TPSA) is 63.7 Å². The number of nitrogens with one attached hydrogen (secondary N) is 1. The van der Waals surface area contributed by atoms with Crippen LogP contribution in [0, 0.1) is 0 Å². The van der Waals surface area contributed by atoms with Gasteiger partial charge in [-0.1, -0.05) is 18.2 Å². The highest BCUT2D eigenvalue weighted by Gasteiger charge is 2.23. The highest BCUT2D eigenvalue weighted by atomic mass is 16.5. The van der Waals surface area contributed by atoms with Crippen LogP contribution in [0.3, 0.4) is 0 Å². The molecule has 0 aliphatic carbocycles. The predicted molar refractivity (Wildman–Crippen MR) is 114 cm³/mol. The van der Waals surface area contributed by atoms with Crippen molar-refractivity contribution in [3.05, 3.63) is 65.9 Å². The molecule has 2 aromatic carbocycles. The monoisotopic (exact) mass is 391 g/mol. The molecule has 0 saturated carbocycles. The summed E-state index contributed by atoms with van der Waals surface area (Å²) in [6.07, 6.45) is 1.61. The summed E-state index contributed by atoms with van der Waals surface area (Å²) in [4.78, 5) is 18.6. The molecule has 29 heavy (non-hydrogen) atoms. The summed E-state index contributed by atoms with van der Waals surface area (Å²) in [7, 11) is 1.68. The van der Waals surface area contributed by atoms with Gasteiger partial charge in [0.1, 0.15) is 17.7 Å². The molecule has 1 fully saturated rings. The Morgan fingerprint density at radius 1 is 1.21 bits per heavy atom. The van der Waals surface area contributed by atoms with Gasteiger partial charge in [-0.15, -0.1) is 0 Å². The second kappa shape index (κ2) is 8.49. The molecule has 3 aromatic rings. The van der Waals surface area contributed by atoms with E-state index in [2.05, 4.69) is 39.5 Å². The fourth-order valence-corrected chi connectivity index (χ4v) is 3.60. The number of morpholine rings is 1. The first-order chi connectivity index (χ1) is 14.2. The first-order valence-corrected chi connectivity index (χ1v) is 9.86. The summed E-state index contributed by atoms with van der Waals surface area (Å²) >= 11 is 0. The summed E-state index contributed by atoms with van der Waals surface area (Å²) in [6, 6.07) is 16.2. The Labute approximate surface area is 170 Å². The molecule has 6 nitrogen and oxygen atoms in total. The Morgan fingerprint density at radius 2 is 2.03 bits per heavy atom. The molecule has 1 amide bonds. The number of carbonyl (C=O) groups excluding carboxylic acids is 1. The summed E-state index contributed by atoms with van der Waals surface area (Å²) in [5.74, 6) is 1.61. The molecule has 0 bridgehead atoms. The molecule has 2 heterocycles. The summed E-state index contributed by atoms with van der Waals surface area (Å²) in [6.45, 7) is 4.62. The molecule has 150 valence electrons. The van der Waals surface area contributed by atoms with Gasteiger partial charge < -0.3 is 19.7 Å². The van der Waals surface area contributed by atoms with Crippen molar-refractivity contribution in [1.82, 2.24) is 10.3 Å². The van der Waals surface area contributed by atoms with E-state index < -0.39 is 0 Å². The lowest BCUT2D eigenvalue weighted by Gasteiger charge is -2.34. The molecule has 1 saturated heterocycles. The van der Waals surface area contributed by atoms with Crippen molar-refractivity contribution in [1.29, 1.82) is 0 Å². The zero-order valence-corrected chi connectivity index (χ0v) is 16.7. The van der Waals surface area contributed by atoms with Gasteiger partial charge in [-0.25, -0.2) is 4.98 Å². The van der Waals surface area contributed by atoms with Crippen molar-refractivity contribution in [3.8, 4) is 5.75 Å². The molecule has 1 atom stereocenters. The lowest BCUT2D eigenvalue weighted by atomic mass is 10.0. The van der Waals surface area contributed by atoms with Crippen LogP contribution in [0.25, 0.3) is 10.8 Å². The third kappa shape index (κ3) is 4.17. The van der Waals surface area contributed by atoms with Crippen LogP contribution in [0.5, 0.6) is 5.75 Å². The fourth-order valence-electron chi connectivity index (χ4n) is 3.60. The molecule has 6 heteroatoms. The van der Waals surface area contributed by atoms with E-state index in [-0.39, 0.29) is 12.0 Å². The number of hydrogen-bond acceptors (Lipinski definition) is 5. The van der Waals surface area contributed by atoms with E-state index in [1.807, 2.05) is 31.2 Å². The number of rotatable bonds is 5. The molecule has 4 rings (SSSR count). The van der Waals surface area contributed by atoms with Crippen molar-refractivity contribution >= 4 is 22.5 Å². The van der Waals surface area contributed by atoms with Crippen LogP contribution >= 0.6 is 0 Å². The zero-order valence-electron chi connectivity index (χ0n) is 16.7. The molecule has 1 aromatic heterocycles. The van der Waals surface area contributed by atoms with E-state index >= 15 is 0 Å². The van der Waals surface area contributed by atoms with Crippen LogP contribution in [0.2, 0.25) is 0 Å². The van der Waals surface area contributed by atoms with Crippen molar-refractivity contribution < 1.29 is 14.3 Å². The van der Waals surface area contributed by atoms with Crippen molar-refractivity contribution in [2.45, 2.75) is 13.0 Å². The van der Waals surface area contributed by atoms with E-state index in [9.17, 15) is 4.79 Å². The minimum atomic E-state index is -0.0980. The first kappa shape index (κ1) is 19.2. The number of benzene rings is 2. The van der Waals surface area contributed by atoms with Crippen LogP contribution in [0.1, 0.15) is 28.9 Å². The average Bonchev–Trinajstić information content (AvgIpc) is 2.78. The zero-order chi connectivity index (χ0) is 20.2. The fraction of sp³-hybridized carbons (Fsp3) is 0.304. The second-order valence-electron chi connectivity index (χ2n) is 7.04. The Hall–Kier alpha value is -3.12. The average molecular weight is 391 g/mol.